The summed E-state index contributed by atoms with van der Waals surface area (Å²) in [6, 6.07) is 6.74. The van der Waals surface area contributed by atoms with E-state index in [0.717, 1.165) is 12.1 Å². The molecule has 0 spiro atoms. The van der Waals surface area contributed by atoms with Crippen LogP contribution in [0.25, 0.3) is 22.3 Å². The number of benzene rings is 2. The summed E-state index contributed by atoms with van der Waals surface area (Å²) in [6.45, 7) is 1.53. The quantitative estimate of drug-likeness (QED) is 0.215. The van der Waals surface area contributed by atoms with E-state index in [9.17, 15) is 40.2 Å². The van der Waals surface area contributed by atoms with E-state index in [1.54, 1.807) is 19.1 Å². The van der Waals surface area contributed by atoms with Crippen LogP contribution in [0.1, 0.15) is 5.56 Å². The lowest BCUT2D eigenvalue weighted by atomic mass is 9.99. The Morgan fingerprint density at radius 3 is 2.46 bits per heavy atom. The van der Waals surface area contributed by atoms with Crippen LogP contribution < -0.4 is 14.9 Å². The highest BCUT2D eigenvalue weighted by Gasteiger charge is 2.48. The third-order valence-corrected chi connectivity index (χ3v) is 5.79. The highest BCUT2D eigenvalue weighted by molar-refractivity contribution is 5.88. The van der Waals surface area contributed by atoms with Crippen LogP contribution in [0.5, 0.6) is 23.0 Å². The number of aliphatic hydroxyl groups is 4. The molecule has 0 unspecified atom stereocenters. The molecular weight excluding hydrogens is 496 g/mol. The van der Waals surface area contributed by atoms with Crippen LogP contribution in [-0.4, -0.2) is 85.6 Å². The Morgan fingerprint density at radius 1 is 1.05 bits per heavy atom. The van der Waals surface area contributed by atoms with E-state index in [1.807, 2.05) is 0 Å². The van der Waals surface area contributed by atoms with Crippen molar-refractivity contribution in [1.29, 1.82) is 0 Å². The zero-order valence-electron chi connectivity index (χ0n) is 19.3. The van der Waals surface area contributed by atoms with E-state index < -0.39 is 53.6 Å². The maximum atomic E-state index is 12.9. The summed E-state index contributed by atoms with van der Waals surface area (Å²) in [7, 11) is 0. The molecule has 1 fully saturated rings. The monoisotopic (exact) mass is 520 g/mol. The van der Waals surface area contributed by atoms with Crippen molar-refractivity contribution in [2.75, 3.05) is 13.2 Å². The molecule has 37 heavy (non-hydrogen) atoms. The molecule has 1 aromatic heterocycles. The molecule has 0 aliphatic carbocycles. The van der Waals surface area contributed by atoms with Gasteiger partial charge in [0.25, 0.3) is 0 Å². The summed E-state index contributed by atoms with van der Waals surface area (Å²) >= 11 is 0. The second kappa shape index (κ2) is 10.2. The van der Waals surface area contributed by atoms with Crippen molar-refractivity contribution >= 4 is 16.9 Å². The molecule has 0 bridgehead atoms. The summed E-state index contributed by atoms with van der Waals surface area (Å²) in [5.41, 5.74) is -0.247. The van der Waals surface area contributed by atoms with Gasteiger partial charge in [-0.2, -0.15) is 0 Å². The molecule has 13 heteroatoms. The lowest BCUT2D eigenvalue weighted by Gasteiger charge is -2.38. The number of ether oxygens (including phenoxy) is 3. The van der Waals surface area contributed by atoms with Crippen molar-refractivity contribution in [2.24, 2.45) is 0 Å². The Hall–Kier alpha value is -3.88. The first-order valence-corrected chi connectivity index (χ1v) is 11.0. The number of aliphatic hydroxyl groups excluding tert-OH is 4. The largest absolute Gasteiger partial charge is 0.507 e. The van der Waals surface area contributed by atoms with E-state index >= 15 is 0 Å². The van der Waals surface area contributed by atoms with Crippen LogP contribution >= 0.6 is 0 Å². The first-order valence-electron chi connectivity index (χ1n) is 11.0. The minimum absolute atomic E-state index is 0.00999. The Bertz CT molecular complexity index is 1380. The molecule has 1 saturated heterocycles. The molecule has 0 radical (unpaired) electrons. The smallest absolute Gasteiger partial charge is 0.335 e. The molecule has 198 valence electrons. The number of phenols is 1. The van der Waals surface area contributed by atoms with Crippen LogP contribution in [0.4, 0.5) is 0 Å². The van der Waals surface area contributed by atoms with E-state index in [2.05, 4.69) is 0 Å². The summed E-state index contributed by atoms with van der Waals surface area (Å²) in [4.78, 5) is 24.2. The van der Waals surface area contributed by atoms with Crippen LogP contribution in [0, 0.1) is 6.92 Å². The number of aromatic hydroxyl groups is 2. The van der Waals surface area contributed by atoms with Gasteiger partial charge in [-0.3, -0.25) is 4.79 Å². The molecule has 0 saturated carbocycles. The molecule has 1 aliphatic rings. The van der Waals surface area contributed by atoms with E-state index in [1.165, 1.54) is 6.07 Å². The van der Waals surface area contributed by atoms with Gasteiger partial charge >= 0.3 is 5.97 Å². The van der Waals surface area contributed by atoms with Crippen molar-refractivity contribution in [1.82, 2.24) is 0 Å². The number of hydrogen-bond donors (Lipinski definition) is 7. The van der Waals surface area contributed by atoms with E-state index in [4.69, 9.17) is 23.7 Å². The fraction of sp³-hybridized carbons (Fsp3) is 0.333. The average Bonchev–Trinajstić information content (AvgIpc) is 2.85. The number of hydrogen-bond acceptors (Lipinski definition) is 12. The molecule has 7 N–H and O–H groups in total. The van der Waals surface area contributed by atoms with Gasteiger partial charge in [0.1, 0.15) is 53.1 Å². The summed E-state index contributed by atoms with van der Waals surface area (Å²) in [5.74, 6) is -3.22. The molecule has 2 heterocycles. The van der Waals surface area contributed by atoms with Crippen molar-refractivity contribution in [2.45, 2.75) is 37.6 Å². The molecule has 2 aromatic carbocycles. The first kappa shape index (κ1) is 26.2. The molecule has 5 atom stereocenters. The number of carboxylic acid groups (broad SMARTS) is 1. The van der Waals surface area contributed by atoms with Crippen LogP contribution in [0.2, 0.25) is 0 Å². The zero-order chi connectivity index (χ0) is 27.0. The number of fused-ring (bicyclic) bond motifs is 1. The van der Waals surface area contributed by atoms with E-state index in [0.29, 0.717) is 11.3 Å². The number of phenolic OH excluding ortho intramolecular Hbond substituents is 1. The molecule has 4 rings (SSSR count). The fourth-order valence-corrected chi connectivity index (χ4v) is 3.86. The normalized spacial score (nSPS) is 23.6. The standard InChI is InChI=1S/C24H24O13/c1-9-2-3-10(6-13(9)34-5-4-25)21-18(29)16(27)15-12(26)7-11(8-14(15)36-21)35-24-20(31)17(28)19(30)22(37-24)23(32)33/h2-3,6-8,17,19-20,22,24-26,28-31H,4-5H2,1H3,(H,32,33)/t17-,19-,20+,22-,24+/m0/s1. The number of carbonyl (C=O) groups is 1. The van der Waals surface area contributed by atoms with Crippen molar-refractivity contribution in [3.8, 4) is 34.3 Å². The fourth-order valence-electron chi connectivity index (χ4n) is 3.86. The minimum atomic E-state index is -1.93. The number of rotatable bonds is 7. The SMILES string of the molecule is Cc1ccc(-c2oc3cc(O[C@@H]4O[C@H](C(=O)O)[C@@H](O)[C@H](O)[C@H]4O)cc(O)c3c(=O)c2O)cc1OCCO. The second-order valence-electron chi connectivity index (χ2n) is 8.33. The highest BCUT2D eigenvalue weighted by atomic mass is 16.7. The zero-order valence-corrected chi connectivity index (χ0v) is 19.3. The average molecular weight is 520 g/mol. The van der Waals surface area contributed by atoms with Gasteiger partial charge in [-0.1, -0.05) is 12.1 Å². The Kier molecular flexibility index (Phi) is 7.25. The Morgan fingerprint density at radius 2 is 1.78 bits per heavy atom. The van der Waals surface area contributed by atoms with Gasteiger partial charge in [0.05, 0.1) is 6.61 Å². The number of carboxylic acids is 1. The third-order valence-electron chi connectivity index (χ3n) is 5.79. The van der Waals surface area contributed by atoms with Gasteiger partial charge in [-0.05, 0) is 18.6 Å². The Balaban J connectivity index is 1.75. The summed E-state index contributed by atoms with van der Waals surface area (Å²) in [6.07, 6.45) is -9.40. The van der Waals surface area contributed by atoms with Crippen molar-refractivity contribution in [3.63, 3.8) is 0 Å². The number of aryl methyl sites for hydroxylation is 1. The first-order chi connectivity index (χ1) is 17.5. The third kappa shape index (κ3) is 4.90. The predicted octanol–water partition coefficient (Wildman–Crippen LogP) is -0.178. The topological polar surface area (TPSA) is 217 Å². The van der Waals surface area contributed by atoms with Gasteiger partial charge in [0, 0.05) is 17.7 Å². The van der Waals surface area contributed by atoms with Crippen molar-refractivity contribution in [3.05, 3.63) is 46.1 Å². The lowest BCUT2D eigenvalue weighted by molar-refractivity contribution is -0.271. The van der Waals surface area contributed by atoms with Gasteiger partial charge in [-0.15, -0.1) is 0 Å². The Labute approximate surface area is 207 Å². The number of aliphatic carboxylic acids is 1. The maximum Gasteiger partial charge on any atom is 0.335 e. The molecule has 1 aliphatic heterocycles. The van der Waals surface area contributed by atoms with Crippen LogP contribution in [0.15, 0.2) is 39.5 Å². The second-order valence-corrected chi connectivity index (χ2v) is 8.33. The molecule has 0 amide bonds. The van der Waals surface area contributed by atoms with Crippen molar-refractivity contribution < 1.29 is 59.2 Å². The molecular formula is C24H24O13. The lowest BCUT2D eigenvalue weighted by Crippen LogP contribution is -2.61. The summed E-state index contributed by atoms with van der Waals surface area (Å²) < 4.78 is 21.6. The van der Waals surface area contributed by atoms with Gasteiger partial charge in [-0.25, -0.2) is 4.79 Å². The highest BCUT2D eigenvalue weighted by Crippen LogP contribution is 2.37. The molecule has 13 nitrogen and oxygen atoms in total. The summed E-state index contributed by atoms with van der Waals surface area (Å²) in [5, 5.41) is 68.8. The van der Waals surface area contributed by atoms with Crippen LogP contribution in [0.3, 0.4) is 0 Å². The van der Waals surface area contributed by atoms with Gasteiger partial charge in [0.15, 0.2) is 11.9 Å². The van der Waals surface area contributed by atoms with E-state index in [-0.39, 0.29) is 41.3 Å². The minimum Gasteiger partial charge on any atom is -0.507 e. The maximum absolute atomic E-state index is 12.9. The van der Waals surface area contributed by atoms with Gasteiger partial charge in [0.2, 0.25) is 17.5 Å². The predicted molar refractivity (Wildman–Crippen MR) is 124 cm³/mol. The molecule has 3 aromatic rings. The van der Waals surface area contributed by atoms with Crippen LogP contribution in [-0.2, 0) is 9.53 Å². The van der Waals surface area contributed by atoms with Gasteiger partial charge < -0.3 is 54.4 Å².